The van der Waals surface area contributed by atoms with E-state index in [-0.39, 0.29) is 5.69 Å². The quantitative estimate of drug-likeness (QED) is 0.803. The number of imidazole rings is 2. The first-order valence-corrected chi connectivity index (χ1v) is 8.88. The molecule has 2 aromatic rings. The largest absolute Gasteiger partial charge is 0.343 e. The summed E-state index contributed by atoms with van der Waals surface area (Å²) in [6.07, 6.45) is 15.4. The van der Waals surface area contributed by atoms with Gasteiger partial charge in [0, 0.05) is 17.8 Å². The Kier molecular flexibility index (Phi) is 4.00. The van der Waals surface area contributed by atoms with Crippen molar-refractivity contribution in [3.05, 3.63) is 57.8 Å². The van der Waals surface area contributed by atoms with Crippen LogP contribution in [-0.4, -0.2) is 19.9 Å². The average Bonchev–Trinajstić information content (AvgIpc) is 3.24. The molecule has 2 heterocycles. The van der Waals surface area contributed by atoms with Crippen LogP contribution in [-0.2, 0) is 0 Å². The Labute approximate surface area is 141 Å². The molecule has 2 aromatic heterocycles. The summed E-state index contributed by atoms with van der Waals surface area (Å²) in [4.78, 5) is 24.5. The van der Waals surface area contributed by atoms with E-state index in [1.54, 1.807) is 5.57 Å². The number of nitrogens with one attached hydrogen (secondary N) is 3. The highest BCUT2D eigenvalue weighted by Crippen LogP contribution is 2.40. The van der Waals surface area contributed by atoms with Crippen molar-refractivity contribution in [2.75, 3.05) is 0 Å². The normalized spacial score (nSPS) is 24.5. The molecule has 126 valence electrons. The molecule has 1 fully saturated rings. The molecule has 5 heteroatoms. The van der Waals surface area contributed by atoms with Crippen molar-refractivity contribution in [1.82, 2.24) is 19.9 Å². The molecule has 0 radical (unpaired) electrons. The smallest absolute Gasteiger partial charge is 0.323 e. The number of hydrogen-bond acceptors (Lipinski definition) is 2. The molecule has 2 aliphatic carbocycles. The molecule has 0 saturated heterocycles. The first kappa shape index (κ1) is 15.2. The van der Waals surface area contributed by atoms with Crippen LogP contribution in [0, 0.1) is 12.8 Å². The fraction of sp³-hybridized carbons (Fsp3) is 0.474. The van der Waals surface area contributed by atoms with Gasteiger partial charge in [-0.2, -0.15) is 0 Å². The van der Waals surface area contributed by atoms with Crippen molar-refractivity contribution >= 4 is 5.57 Å². The highest BCUT2D eigenvalue weighted by Gasteiger charge is 2.26. The fourth-order valence-corrected chi connectivity index (χ4v) is 4.14. The Morgan fingerprint density at radius 1 is 1.04 bits per heavy atom. The minimum absolute atomic E-state index is 0.0891. The van der Waals surface area contributed by atoms with Gasteiger partial charge in [-0.3, -0.25) is 0 Å². The Balaban J connectivity index is 1.40. The van der Waals surface area contributed by atoms with E-state index in [0.717, 1.165) is 42.9 Å². The Bertz CT molecular complexity index is 827. The molecule has 0 spiro atoms. The SMILES string of the molecule is Cc1ncc(C2=CC=C(C3CCC(c4c[nH]c(=O)[nH]4)CC3)CC2)[nH]1. The van der Waals surface area contributed by atoms with Gasteiger partial charge in [0.05, 0.1) is 11.9 Å². The average molecular weight is 324 g/mol. The third-order valence-electron chi connectivity index (χ3n) is 5.54. The third kappa shape index (κ3) is 3.03. The second kappa shape index (κ2) is 6.30. The molecule has 0 aromatic carbocycles. The molecule has 0 aliphatic heterocycles. The van der Waals surface area contributed by atoms with E-state index < -0.39 is 0 Å². The van der Waals surface area contributed by atoms with Crippen LogP contribution in [0.3, 0.4) is 0 Å². The number of aryl methyl sites for hydroxylation is 1. The molecule has 0 bridgehead atoms. The molecule has 5 nitrogen and oxygen atoms in total. The van der Waals surface area contributed by atoms with Gasteiger partial charge in [-0.25, -0.2) is 9.78 Å². The maximum atomic E-state index is 11.3. The van der Waals surface area contributed by atoms with E-state index in [2.05, 4.69) is 32.1 Å². The van der Waals surface area contributed by atoms with E-state index >= 15 is 0 Å². The number of nitrogens with zero attached hydrogens (tertiary/aromatic N) is 1. The lowest BCUT2D eigenvalue weighted by Crippen LogP contribution is -2.17. The summed E-state index contributed by atoms with van der Waals surface area (Å²) in [5, 5.41) is 0. The van der Waals surface area contributed by atoms with Crippen molar-refractivity contribution in [2.45, 2.75) is 51.4 Å². The standard InChI is InChI=1S/C19H24N4O/c1-12-20-10-17(22-12)15-6-2-13(3-7-15)14-4-8-16(9-5-14)18-11-21-19(24)23-18/h2,6,10-11,14,16H,3-5,7-9H2,1H3,(H,20,22)(H2,21,23,24). The van der Waals surface area contributed by atoms with Crippen molar-refractivity contribution in [2.24, 2.45) is 5.92 Å². The summed E-state index contributed by atoms with van der Waals surface area (Å²) in [5.74, 6) is 2.18. The lowest BCUT2D eigenvalue weighted by Gasteiger charge is -2.30. The fourth-order valence-electron chi connectivity index (χ4n) is 4.14. The Morgan fingerprint density at radius 2 is 1.83 bits per heavy atom. The highest BCUT2D eigenvalue weighted by atomic mass is 16.1. The molecule has 1 saturated carbocycles. The van der Waals surface area contributed by atoms with Crippen molar-refractivity contribution < 1.29 is 0 Å². The summed E-state index contributed by atoms with van der Waals surface area (Å²) in [6, 6.07) is 0. The maximum absolute atomic E-state index is 11.3. The summed E-state index contributed by atoms with van der Waals surface area (Å²) >= 11 is 0. The zero-order chi connectivity index (χ0) is 16.5. The minimum Gasteiger partial charge on any atom is -0.343 e. The van der Waals surface area contributed by atoms with Gasteiger partial charge in [0.15, 0.2) is 0 Å². The van der Waals surface area contributed by atoms with Crippen LogP contribution in [0.2, 0.25) is 0 Å². The monoisotopic (exact) mass is 324 g/mol. The van der Waals surface area contributed by atoms with Gasteiger partial charge in [-0.15, -0.1) is 0 Å². The van der Waals surface area contributed by atoms with Crippen LogP contribution in [0.4, 0.5) is 0 Å². The van der Waals surface area contributed by atoms with Crippen molar-refractivity contribution in [3.8, 4) is 0 Å². The van der Waals surface area contributed by atoms with Gasteiger partial charge < -0.3 is 15.0 Å². The van der Waals surface area contributed by atoms with Crippen LogP contribution in [0.25, 0.3) is 5.57 Å². The molecule has 24 heavy (non-hydrogen) atoms. The van der Waals surface area contributed by atoms with Crippen LogP contribution in [0.1, 0.15) is 61.7 Å². The Hall–Kier alpha value is -2.30. The highest BCUT2D eigenvalue weighted by molar-refractivity contribution is 5.66. The maximum Gasteiger partial charge on any atom is 0.323 e. The lowest BCUT2D eigenvalue weighted by atomic mass is 9.75. The molecular formula is C19H24N4O. The minimum atomic E-state index is -0.0891. The lowest BCUT2D eigenvalue weighted by molar-refractivity contribution is 0.353. The number of aromatic nitrogens is 4. The number of rotatable bonds is 3. The van der Waals surface area contributed by atoms with Gasteiger partial charge in [0.1, 0.15) is 5.82 Å². The van der Waals surface area contributed by atoms with Gasteiger partial charge in [0.2, 0.25) is 0 Å². The topological polar surface area (TPSA) is 77.3 Å². The first-order valence-electron chi connectivity index (χ1n) is 8.88. The summed E-state index contributed by atoms with van der Waals surface area (Å²) < 4.78 is 0. The predicted molar refractivity (Wildman–Crippen MR) is 94.7 cm³/mol. The number of hydrogen-bond donors (Lipinski definition) is 3. The predicted octanol–water partition coefficient (Wildman–Crippen LogP) is 3.81. The molecule has 4 rings (SSSR count). The van der Waals surface area contributed by atoms with E-state index in [1.807, 2.05) is 19.3 Å². The first-order chi connectivity index (χ1) is 11.7. The number of aromatic amines is 3. The summed E-state index contributed by atoms with van der Waals surface area (Å²) in [5.41, 5.74) is 5.10. The van der Waals surface area contributed by atoms with Gasteiger partial charge >= 0.3 is 5.69 Å². The van der Waals surface area contributed by atoms with E-state index in [9.17, 15) is 4.79 Å². The molecule has 3 N–H and O–H groups in total. The van der Waals surface area contributed by atoms with Gasteiger partial charge in [-0.1, -0.05) is 17.7 Å². The molecule has 0 amide bonds. The van der Waals surface area contributed by atoms with Gasteiger partial charge in [0.25, 0.3) is 0 Å². The van der Waals surface area contributed by atoms with Crippen molar-refractivity contribution in [1.29, 1.82) is 0 Å². The Morgan fingerprint density at radius 3 is 2.42 bits per heavy atom. The van der Waals surface area contributed by atoms with Crippen LogP contribution < -0.4 is 5.69 Å². The third-order valence-corrected chi connectivity index (χ3v) is 5.54. The molecule has 0 unspecified atom stereocenters. The summed E-state index contributed by atoms with van der Waals surface area (Å²) in [7, 11) is 0. The van der Waals surface area contributed by atoms with Crippen LogP contribution in [0.15, 0.2) is 34.9 Å². The number of H-pyrrole nitrogens is 3. The van der Waals surface area contributed by atoms with Crippen LogP contribution in [0.5, 0.6) is 0 Å². The second-order valence-corrected chi connectivity index (χ2v) is 7.06. The zero-order valence-electron chi connectivity index (χ0n) is 14.1. The van der Waals surface area contributed by atoms with Gasteiger partial charge in [-0.05, 0) is 56.9 Å². The molecular weight excluding hydrogens is 300 g/mol. The van der Waals surface area contributed by atoms with E-state index in [4.69, 9.17) is 0 Å². The zero-order valence-corrected chi connectivity index (χ0v) is 14.1. The number of allylic oxidation sites excluding steroid dienone is 4. The molecule has 0 atom stereocenters. The molecule has 2 aliphatic rings. The summed E-state index contributed by atoms with van der Waals surface area (Å²) in [6.45, 7) is 1.99. The van der Waals surface area contributed by atoms with E-state index in [0.29, 0.717) is 11.8 Å². The van der Waals surface area contributed by atoms with E-state index in [1.165, 1.54) is 18.4 Å². The van der Waals surface area contributed by atoms with Crippen LogP contribution >= 0.6 is 0 Å². The van der Waals surface area contributed by atoms with Crippen molar-refractivity contribution in [3.63, 3.8) is 0 Å². The second-order valence-electron chi connectivity index (χ2n) is 7.06.